The molecule has 1 amide bonds. The number of nitrogen functional groups attached to an aromatic ring is 1. The number of nitrogens with two attached hydrogens (primary N) is 1. The highest BCUT2D eigenvalue weighted by Crippen LogP contribution is 2.45. The number of esters is 1. The van der Waals surface area contributed by atoms with E-state index >= 15 is 0 Å². The number of fused-ring (bicyclic) bond motifs is 5. The van der Waals surface area contributed by atoms with Gasteiger partial charge >= 0.3 is 12.1 Å². The number of aromatic nitrogens is 2. The topological polar surface area (TPSA) is 202 Å². The highest BCUT2D eigenvalue weighted by atomic mass is 16.7. The molecule has 0 unspecified atom stereocenters. The maximum atomic E-state index is 14.6. The van der Waals surface area contributed by atoms with Gasteiger partial charge in [-0.2, -0.15) is 0 Å². The minimum atomic E-state index is -1.15. The zero-order chi connectivity index (χ0) is 44.0. The Morgan fingerprint density at radius 1 is 1.08 bits per heavy atom. The van der Waals surface area contributed by atoms with Gasteiger partial charge in [-0.1, -0.05) is 32.9 Å². The van der Waals surface area contributed by atoms with Gasteiger partial charge < -0.3 is 49.0 Å². The third-order valence-corrected chi connectivity index (χ3v) is 13.7. The van der Waals surface area contributed by atoms with Crippen LogP contribution in [0.3, 0.4) is 0 Å². The van der Waals surface area contributed by atoms with Crippen molar-refractivity contribution in [2.45, 2.75) is 141 Å². The summed E-state index contributed by atoms with van der Waals surface area (Å²) in [6.45, 7) is 16.5. The fourth-order valence-electron chi connectivity index (χ4n) is 10.6. The van der Waals surface area contributed by atoms with Crippen molar-refractivity contribution in [3.63, 3.8) is 0 Å². The molecule has 7 heterocycles. The molecule has 3 N–H and O–H groups in total. The molecule has 5 aliphatic heterocycles. The van der Waals surface area contributed by atoms with E-state index in [1.807, 2.05) is 59.7 Å². The Morgan fingerprint density at radius 2 is 1.85 bits per heavy atom. The van der Waals surface area contributed by atoms with Crippen LogP contribution in [0.1, 0.15) is 80.2 Å². The summed E-state index contributed by atoms with van der Waals surface area (Å²) in [5, 5.41) is 16.4. The van der Waals surface area contributed by atoms with Gasteiger partial charge in [-0.25, -0.2) is 9.78 Å². The van der Waals surface area contributed by atoms with Crippen molar-refractivity contribution in [3.8, 4) is 0 Å². The summed E-state index contributed by atoms with van der Waals surface area (Å²) < 4.78 is 39.9. The Balaban J connectivity index is 1.31. The molecule has 61 heavy (non-hydrogen) atoms. The summed E-state index contributed by atoms with van der Waals surface area (Å²) in [7, 11) is 3.86. The van der Waals surface area contributed by atoms with Gasteiger partial charge in [0, 0.05) is 41.9 Å². The molecule has 7 rings (SSSR count). The molecule has 17 heteroatoms. The number of rotatable bonds is 7. The SMILES string of the molecule is CC[C@@H]1OC(=O)[C@H](C)[C@H]2OCC(=NOCc3ccnc4ccc(N)nc34)CO[C@](C)(C[C@@H](C)C3=NCCN4C(=O)O[C@@]1(C)[C@H]4[C@H]3C)[C@@H](O[C@H]1O[C@@H](C)C[C@@H](N(C)C)[C@@H]1O)[C@@H]2C. The van der Waals surface area contributed by atoms with E-state index in [1.165, 1.54) is 0 Å². The molecule has 14 atom stereocenters. The lowest BCUT2D eigenvalue weighted by atomic mass is 9.72. The highest BCUT2D eigenvalue weighted by molar-refractivity contribution is 5.91. The molecule has 4 saturated heterocycles. The number of aliphatic imine (C=N–C) groups is 1. The van der Waals surface area contributed by atoms with Gasteiger partial charge in [0.15, 0.2) is 11.9 Å². The number of aliphatic hydroxyl groups is 1. The van der Waals surface area contributed by atoms with Gasteiger partial charge in [-0.15, -0.1) is 0 Å². The van der Waals surface area contributed by atoms with Crippen molar-refractivity contribution in [2.24, 2.45) is 33.8 Å². The van der Waals surface area contributed by atoms with Gasteiger partial charge in [0.2, 0.25) is 0 Å². The van der Waals surface area contributed by atoms with Crippen LogP contribution in [0.4, 0.5) is 10.6 Å². The van der Waals surface area contributed by atoms with Crippen LogP contribution >= 0.6 is 0 Å². The molecule has 17 nitrogen and oxygen atoms in total. The Kier molecular flexibility index (Phi) is 13.3. The first kappa shape index (κ1) is 45.0. The summed E-state index contributed by atoms with van der Waals surface area (Å²) in [4.78, 5) is 51.9. The summed E-state index contributed by atoms with van der Waals surface area (Å²) >= 11 is 0. The number of likely N-dealkylation sites (N-methyl/N-ethyl adjacent to an activating group) is 1. The van der Waals surface area contributed by atoms with Crippen LogP contribution < -0.4 is 5.73 Å². The van der Waals surface area contributed by atoms with Crippen LogP contribution in [-0.2, 0) is 44.7 Å². The van der Waals surface area contributed by atoms with E-state index in [1.54, 1.807) is 30.2 Å². The maximum Gasteiger partial charge on any atom is 0.410 e. The van der Waals surface area contributed by atoms with Crippen molar-refractivity contribution >= 4 is 40.3 Å². The van der Waals surface area contributed by atoms with Crippen LogP contribution in [0.15, 0.2) is 34.5 Å². The first-order chi connectivity index (χ1) is 28.9. The molecule has 0 aromatic carbocycles. The van der Waals surface area contributed by atoms with Gasteiger partial charge in [-0.3, -0.25) is 19.7 Å². The molecular weight excluding hydrogens is 787 g/mol. The van der Waals surface area contributed by atoms with Crippen molar-refractivity contribution in [2.75, 3.05) is 46.1 Å². The molecule has 336 valence electrons. The van der Waals surface area contributed by atoms with Crippen molar-refractivity contribution < 1.29 is 48.0 Å². The lowest BCUT2D eigenvalue weighted by molar-refractivity contribution is -0.302. The van der Waals surface area contributed by atoms with Gasteiger partial charge in [-0.05, 0) is 85.2 Å². The zero-order valence-corrected chi connectivity index (χ0v) is 37.3. The molecular formula is C44H65N7O10. The number of cyclic esters (lactones) is 1. The smallest absolute Gasteiger partial charge is 0.410 e. The number of pyridine rings is 2. The van der Waals surface area contributed by atoms with Gasteiger partial charge in [0.25, 0.3) is 0 Å². The van der Waals surface area contributed by atoms with Crippen LogP contribution in [-0.4, -0.2) is 149 Å². The summed E-state index contributed by atoms with van der Waals surface area (Å²) in [6.07, 6.45) is -1.91. The second kappa shape index (κ2) is 18.0. The van der Waals surface area contributed by atoms with Crippen molar-refractivity contribution in [1.82, 2.24) is 19.8 Å². The number of nitrogens with zero attached hydrogens (tertiary/aromatic N) is 6. The Hall–Kier alpha value is -4.00. The molecule has 0 spiro atoms. The van der Waals surface area contributed by atoms with E-state index in [0.717, 1.165) is 11.3 Å². The minimum Gasteiger partial charge on any atom is -0.458 e. The van der Waals surface area contributed by atoms with Crippen LogP contribution in [0.25, 0.3) is 11.0 Å². The average molecular weight is 852 g/mol. The van der Waals surface area contributed by atoms with Crippen LogP contribution in [0, 0.1) is 23.7 Å². The second-order valence-electron chi connectivity index (χ2n) is 18.4. The third kappa shape index (κ3) is 8.83. The molecule has 4 bridgehead atoms. The quantitative estimate of drug-likeness (QED) is 0.294. The average Bonchev–Trinajstić information content (AvgIpc) is 3.36. The summed E-state index contributed by atoms with van der Waals surface area (Å²) in [5.41, 5.74) is 7.12. The first-order valence-corrected chi connectivity index (χ1v) is 21.8. The van der Waals surface area contributed by atoms with Crippen LogP contribution in [0.5, 0.6) is 0 Å². The largest absolute Gasteiger partial charge is 0.458 e. The van der Waals surface area contributed by atoms with E-state index in [-0.39, 0.29) is 43.8 Å². The fourth-order valence-corrected chi connectivity index (χ4v) is 10.6. The zero-order valence-electron chi connectivity index (χ0n) is 37.3. The number of anilines is 1. The van der Waals surface area contributed by atoms with E-state index in [2.05, 4.69) is 29.0 Å². The van der Waals surface area contributed by atoms with Gasteiger partial charge in [0.1, 0.15) is 30.3 Å². The lowest BCUT2D eigenvalue weighted by Gasteiger charge is -2.48. The minimum absolute atomic E-state index is 0.00873. The number of hydrogen-bond donors (Lipinski definition) is 2. The normalized spacial score (nSPS) is 39.4. The Morgan fingerprint density at radius 3 is 2.59 bits per heavy atom. The second-order valence-corrected chi connectivity index (χ2v) is 18.4. The van der Waals surface area contributed by atoms with Crippen LogP contribution in [0.2, 0.25) is 0 Å². The molecule has 0 aliphatic carbocycles. The Labute approximate surface area is 358 Å². The number of carbonyl (C=O) groups excluding carboxylic acids is 2. The lowest BCUT2D eigenvalue weighted by Crippen LogP contribution is -2.60. The predicted octanol–water partition coefficient (Wildman–Crippen LogP) is 4.37. The van der Waals surface area contributed by atoms with E-state index in [9.17, 15) is 14.7 Å². The maximum absolute atomic E-state index is 14.6. The number of carbonyl (C=O) groups is 2. The third-order valence-electron chi connectivity index (χ3n) is 13.7. The molecule has 0 radical (unpaired) electrons. The number of hydrogen-bond acceptors (Lipinski definition) is 16. The summed E-state index contributed by atoms with van der Waals surface area (Å²) in [5.74, 6) is -1.98. The monoisotopic (exact) mass is 851 g/mol. The molecule has 4 fully saturated rings. The van der Waals surface area contributed by atoms with E-state index < -0.39 is 71.8 Å². The number of amides is 1. The molecule has 2 aromatic heterocycles. The molecule has 2 aromatic rings. The number of oxime groups is 1. The molecule has 0 saturated carbocycles. The van der Waals surface area contributed by atoms with Crippen molar-refractivity contribution in [1.29, 1.82) is 0 Å². The predicted molar refractivity (Wildman–Crippen MR) is 227 cm³/mol. The fraction of sp³-hybridized carbons (Fsp3) is 0.727. The molecule has 5 aliphatic rings. The number of aliphatic hydroxyl groups excluding tert-OH is 1. The first-order valence-electron chi connectivity index (χ1n) is 21.8. The van der Waals surface area contributed by atoms with E-state index in [0.29, 0.717) is 54.9 Å². The summed E-state index contributed by atoms with van der Waals surface area (Å²) in [6, 6.07) is 4.63. The van der Waals surface area contributed by atoms with E-state index in [4.69, 9.17) is 44.0 Å². The Bertz CT molecular complexity index is 1980. The number of ether oxygens (including phenoxy) is 6. The van der Waals surface area contributed by atoms with Crippen molar-refractivity contribution in [3.05, 3.63) is 30.0 Å². The highest BCUT2D eigenvalue weighted by Gasteiger charge is 2.60. The standard InChI is InChI=1S/C44H65N7O10/c1-11-32-44(8)38-25(4)34(47-16-17-51(38)42(54)61-44)23(2)19-43(7)39(60-41-36(52)31(50(9)10)18-24(3)58-41)26(5)37(27(6)40(53)59-32)55-21-29(22-56-43)49-57-20-28-14-15-46-30-12-13-33(45)48-35(28)30/h12-15,23-27,31-32,36-39,41,52H,11,16-22H2,1-10H3,(H2,45,48)/t23-,24+,25+,26-,27-,31-,32+,36+,37+,38-,39+,41-,43-,44-/m1/s1. The van der Waals surface area contributed by atoms with Gasteiger partial charge in [0.05, 0.1) is 66.7 Å².